The van der Waals surface area contributed by atoms with Gasteiger partial charge in [-0.25, -0.2) is 4.98 Å². The molecule has 0 atom stereocenters. The Bertz CT molecular complexity index is 1450. The Balaban J connectivity index is 0.00000272. The van der Waals surface area contributed by atoms with Gasteiger partial charge >= 0.3 is 49.8 Å². The van der Waals surface area contributed by atoms with Crippen LogP contribution in [0.2, 0.25) is 0 Å². The topological polar surface area (TPSA) is 187 Å². The Morgan fingerprint density at radius 1 is 0.742 bits per heavy atom. The van der Waals surface area contributed by atoms with Gasteiger partial charge in [-0.05, 0) is 36.4 Å². The van der Waals surface area contributed by atoms with E-state index in [9.17, 15) is 16.8 Å². The summed E-state index contributed by atoms with van der Waals surface area (Å²) in [6.45, 7) is 0. The zero-order valence-corrected chi connectivity index (χ0v) is 19.2. The summed E-state index contributed by atoms with van der Waals surface area (Å²) >= 11 is 0. The molecular formula is C16H10N4NaO8S2+. The first-order valence-corrected chi connectivity index (χ1v) is 10.8. The Labute approximate surface area is 197 Å². The molecule has 0 spiro atoms. The number of hydrogen-bond acceptors (Lipinski definition) is 10. The van der Waals surface area contributed by atoms with Crippen molar-refractivity contribution in [2.24, 2.45) is 0 Å². The van der Waals surface area contributed by atoms with Crippen LogP contribution in [0.15, 0.2) is 67.7 Å². The minimum atomic E-state index is -4.62. The number of pyridine rings is 1. The van der Waals surface area contributed by atoms with Crippen molar-refractivity contribution in [1.82, 2.24) is 20.2 Å². The van der Waals surface area contributed by atoms with E-state index >= 15 is 0 Å². The van der Waals surface area contributed by atoms with Crippen molar-refractivity contribution in [2.45, 2.75) is 10.2 Å². The average molecular weight is 473 g/mol. The summed E-state index contributed by atoms with van der Waals surface area (Å²) in [6.07, 6.45) is 1.50. The fourth-order valence-corrected chi connectivity index (χ4v) is 3.31. The van der Waals surface area contributed by atoms with Crippen LogP contribution in [0.1, 0.15) is 0 Å². The first-order valence-electron chi connectivity index (χ1n) is 7.94. The summed E-state index contributed by atoms with van der Waals surface area (Å²) in [6, 6.07) is 9.38. The maximum absolute atomic E-state index is 11.3. The van der Waals surface area contributed by atoms with E-state index in [4.69, 9.17) is 17.9 Å². The SMILES string of the molecule is O=S(=O)(O)c1ccc(-c2nnc(-c3ccccn3)nc2-c2ccc(S(=O)(=O)O)o2)o1.[Na+]. The van der Waals surface area contributed by atoms with Gasteiger partial charge in [0.15, 0.2) is 17.2 Å². The van der Waals surface area contributed by atoms with Crippen LogP contribution in [0.5, 0.6) is 0 Å². The van der Waals surface area contributed by atoms with Crippen molar-refractivity contribution in [3.05, 3.63) is 48.7 Å². The fraction of sp³-hybridized carbons (Fsp3) is 0. The average Bonchev–Trinajstić information content (AvgIpc) is 3.37. The van der Waals surface area contributed by atoms with Crippen LogP contribution in [0.25, 0.3) is 34.4 Å². The van der Waals surface area contributed by atoms with Gasteiger partial charge in [0.1, 0.15) is 11.4 Å². The molecule has 15 heteroatoms. The molecule has 0 radical (unpaired) electrons. The van der Waals surface area contributed by atoms with Gasteiger partial charge in [0.05, 0.1) is 0 Å². The molecule has 0 aliphatic rings. The molecule has 0 amide bonds. The van der Waals surface area contributed by atoms with Crippen molar-refractivity contribution < 1.29 is 64.3 Å². The maximum atomic E-state index is 11.3. The van der Waals surface area contributed by atoms with E-state index in [1.165, 1.54) is 18.3 Å². The van der Waals surface area contributed by atoms with E-state index in [1.54, 1.807) is 18.2 Å². The number of nitrogens with zero attached hydrogens (tertiary/aromatic N) is 4. The van der Waals surface area contributed by atoms with Crippen molar-refractivity contribution in [2.75, 3.05) is 0 Å². The Kier molecular flexibility index (Phi) is 6.43. The van der Waals surface area contributed by atoms with E-state index in [0.29, 0.717) is 5.69 Å². The molecule has 0 saturated carbocycles. The molecular weight excluding hydrogens is 463 g/mol. The summed E-state index contributed by atoms with van der Waals surface area (Å²) in [5.41, 5.74) is 0.162. The molecule has 0 fully saturated rings. The summed E-state index contributed by atoms with van der Waals surface area (Å²) in [7, 11) is -9.24. The molecule has 12 nitrogen and oxygen atoms in total. The third-order valence-corrected chi connectivity index (χ3v) is 5.17. The summed E-state index contributed by atoms with van der Waals surface area (Å²) in [5, 5.41) is 6.43. The normalized spacial score (nSPS) is 11.8. The molecule has 0 aromatic carbocycles. The van der Waals surface area contributed by atoms with Gasteiger partial charge in [0.25, 0.3) is 0 Å². The van der Waals surface area contributed by atoms with E-state index in [1.807, 2.05) is 0 Å². The number of hydrogen-bond donors (Lipinski definition) is 2. The molecule has 0 saturated heterocycles. The molecule has 0 unspecified atom stereocenters. The fourth-order valence-electron chi connectivity index (χ4n) is 2.44. The molecule has 4 aromatic heterocycles. The third-order valence-electron chi connectivity index (χ3n) is 3.72. The van der Waals surface area contributed by atoms with E-state index in [0.717, 1.165) is 12.1 Å². The van der Waals surface area contributed by atoms with Crippen molar-refractivity contribution >= 4 is 20.2 Å². The molecule has 0 aliphatic heterocycles. The predicted octanol–water partition coefficient (Wildman–Crippen LogP) is -1.05. The first kappa shape index (κ1) is 23.2. The van der Waals surface area contributed by atoms with Crippen LogP contribution >= 0.6 is 0 Å². The molecule has 4 aromatic rings. The Morgan fingerprint density at radius 3 is 1.81 bits per heavy atom. The molecule has 154 valence electrons. The smallest absolute Gasteiger partial charge is 0.441 e. The monoisotopic (exact) mass is 473 g/mol. The number of aromatic nitrogens is 4. The van der Waals surface area contributed by atoms with Gasteiger partial charge in [-0.3, -0.25) is 14.1 Å². The summed E-state index contributed by atoms with van der Waals surface area (Å²) in [4.78, 5) is 8.38. The molecule has 2 N–H and O–H groups in total. The van der Waals surface area contributed by atoms with Gasteiger partial charge in [-0.15, -0.1) is 10.2 Å². The van der Waals surface area contributed by atoms with Crippen molar-refractivity contribution in [3.63, 3.8) is 0 Å². The van der Waals surface area contributed by atoms with Gasteiger partial charge in [0, 0.05) is 6.20 Å². The molecule has 0 aliphatic carbocycles. The van der Waals surface area contributed by atoms with Crippen molar-refractivity contribution in [3.8, 4) is 34.4 Å². The zero-order valence-electron chi connectivity index (χ0n) is 15.6. The zero-order chi connectivity index (χ0) is 21.5. The quantitative estimate of drug-likeness (QED) is 0.265. The second kappa shape index (κ2) is 8.58. The van der Waals surface area contributed by atoms with Crippen LogP contribution in [0, 0.1) is 0 Å². The number of rotatable bonds is 5. The van der Waals surface area contributed by atoms with Crippen LogP contribution < -0.4 is 29.6 Å². The van der Waals surface area contributed by atoms with Gasteiger partial charge < -0.3 is 8.83 Å². The minimum absolute atomic E-state index is 0. The van der Waals surface area contributed by atoms with E-state index < -0.39 is 30.4 Å². The van der Waals surface area contributed by atoms with Gasteiger partial charge in [-0.1, -0.05) is 6.07 Å². The molecule has 4 heterocycles. The number of furan rings is 2. The second-order valence-electron chi connectivity index (χ2n) is 5.74. The third kappa shape index (κ3) is 4.90. The van der Waals surface area contributed by atoms with E-state index in [-0.39, 0.29) is 58.3 Å². The van der Waals surface area contributed by atoms with Crippen LogP contribution in [-0.2, 0) is 20.2 Å². The minimum Gasteiger partial charge on any atom is -0.441 e. The Hall–Kier alpha value is -2.46. The summed E-state index contributed by atoms with van der Waals surface area (Å²) < 4.78 is 73.8. The largest absolute Gasteiger partial charge is 1.00 e. The first-order chi connectivity index (χ1) is 14.1. The van der Waals surface area contributed by atoms with Crippen LogP contribution in [0.3, 0.4) is 0 Å². The Morgan fingerprint density at radius 2 is 1.32 bits per heavy atom. The van der Waals surface area contributed by atoms with Gasteiger partial charge in [-0.2, -0.15) is 16.8 Å². The van der Waals surface area contributed by atoms with Crippen LogP contribution in [0.4, 0.5) is 0 Å². The molecule has 0 bridgehead atoms. The van der Waals surface area contributed by atoms with Gasteiger partial charge in [0.2, 0.25) is 16.0 Å². The van der Waals surface area contributed by atoms with Crippen LogP contribution in [-0.4, -0.2) is 46.1 Å². The summed E-state index contributed by atoms with van der Waals surface area (Å²) in [5.74, 6) is -0.217. The van der Waals surface area contributed by atoms with E-state index in [2.05, 4.69) is 20.2 Å². The molecule has 31 heavy (non-hydrogen) atoms. The van der Waals surface area contributed by atoms with Crippen molar-refractivity contribution in [1.29, 1.82) is 0 Å². The predicted molar refractivity (Wildman–Crippen MR) is 98.1 cm³/mol. The second-order valence-corrected chi connectivity index (χ2v) is 8.44. The molecule has 4 rings (SSSR count). The standard InChI is InChI=1S/C16H10N4O8S2.Na/c21-29(22,23)12-6-4-10(27-12)14-15(11-5-7-13(28-11)30(24,25)26)19-20-16(18-14)9-3-1-2-8-17-9;/h1-8H,(H,21,22,23)(H,24,25,26);/q;+1. The maximum Gasteiger partial charge on any atom is 1.00 e.